The van der Waals surface area contributed by atoms with Gasteiger partial charge in [0.05, 0.1) is 0 Å². The highest BCUT2D eigenvalue weighted by Gasteiger charge is 2.26. The van der Waals surface area contributed by atoms with Crippen LogP contribution in [0.3, 0.4) is 0 Å². The van der Waals surface area contributed by atoms with Crippen LogP contribution in [-0.4, -0.2) is 60.1 Å². The highest BCUT2D eigenvalue weighted by Crippen LogP contribution is 2.19. The second kappa shape index (κ2) is 6.71. The van der Waals surface area contributed by atoms with E-state index in [-0.39, 0.29) is 6.03 Å². The molecule has 6 nitrogen and oxygen atoms in total. The number of urea groups is 1. The number of nitrogens with one attached hydrogen (secondary N) is 1. The molecule has 1 aliphatic rings. The molecule has 0 bridgehead atoms. The fourth-order valence-electron chi connectivity index (χ4n) is 2.17. The first-order valence-corrected chi connectivity index (χ1v) is 7.46. The number of carbonyl (C=O) groups excluding carboxylic acids is 1. The largest absolute Gasteiger partial charge is 0.479 e. The van der Waals surface area contributed by atoms with Gasteiger partial charge < -0.3 is 20.2 Å². The van der Waals surface area contributed by atoms with Gasteiger partial charge in [0.15, 0.2) is 6.04 Å². The van der Waals surface area contributed by atoms with Gasteiger partial charge in [-0.15, -0.1) is 11.3 Å². The molecule has 0 radical (unpaired) electrons. The topological polar surface area (TPSA) is 72.9 Å². The Morgan fingerprint density at radius 1 is 1.35 bits per heavy atom. The summed E-state index contributed by atoms with van der Waals surface area (Å²) in [6.07, 6.45) is 0.903. The van der Waals surface area contributed by atoms with Gasteiger partial charge in [-0.2, -0.15) is 0 Å². The van der Waals surface area contributed by atoms with Crippen LogP contribution in [0.2, 0.25) is 0 Å². The van der Waals surface area contributed by atoms with E-state index in [2.05, 4.69) is 10.2 Å². The molecule has 1 aromatic rings. The molecule has 0 spiro atoms. The number of hydrogen-bond acceptors (Lipinski definition) is 4. The minimum absolute atomic E-state index is 0.305. The molecule has 0 aromatic carbocycles. The molecule has 0 aliphatic carbocycles. The average molecular weight is 297 g/mol. The van der Waals surface area contributed by atoms with Crippen molar-refractivity contribution >= 4 is 23.3 Å². The van der Waals surface area contributed by atoms with E-state index in [9.17, 15) is 14.7 Å². The van der Waals surface area contributed by atoms with E-state index in [4.69, 9.17) is 0 Å². The molecular weight excluding hydrogens is 278 g/mol. The quantitative estimate of drug-likeness (QED) is 0.880. The van der Waals surface area contributed by atoms with E-state index < -0.39 is 12.0 Å². The zero-order valence-electron chi connectivity index (χ0n) is 11.4. The Labute approximate surface area is 122 Å². The lowest BCUT2D eigenvalue weighted by Crippen LogP contribution is -2.44. The third-order valence-corrected chi connectivity index (χ3v) is 4.29. The summed E-state index contributed by atoms with van der Waals surface area (Å²) in [5.74, 6) is -1.03. The van der Waals surface area contributed by atoms with E-state index in [0.29, 0.717) is 18.0 Å². The van der Waals surface area contributed by atoms with E-state index in [1.807, 2.05) is 7.05 Å². The van der Waals surface area contributed by atoms with E-state index in [0.717, 1.165) is 19.5 Å². The van der Waals surface area contributed by atoms with Gasteiger partial charge in [0, 0.05) is 24.5 Å². The third-order valence-electron chi connectivity index (χ3n) is 3.35. The Hall–Kier alpha value is -1.60. The third kappa shape index (κ3) is 3.71. The van der Waals surface area contributed by atoms with Crippen molar-refractivity contribution < 1.29 is 14.7 Å². The number of hydrogen-bond donors (Lipinski definition) is 2. The van der Waals surface area contributed by atoms with Crippen molar-refractivity contribution in [2.24, 2.45) is 0 Å². The van der Waals surface area contributed by atoms with Gasteiger partial charge >= 0.3 is 12.0 Å². The predicted octanol–water partition coefficient (Wildman–Crippen LogP) is 1.22. The summed E-state index contributed by atoms with van der Waals surface area (Å²) < 4.78 is 0. The molecule has 1 fully saturated rings. The number of carboxylic acids is 1. The predicted molar refractivity (Wildman–Crippen MR) is 76.9 cm³/mol. The number of rotatable bonds is 3. The zero-order valence-corrected chi connectivity index (χ0v) is 12.2. The second-order valence-corrected chi connectivity index (χ2v) is 5.86. The van der Waals surface area contributed by atoms with Crippen LogP contribution in [0.15, 0.2) is 17.5 Å². The lowest BCUT2D eigenvalue weighted by molar-refractivity contribution is -0.139. The first-order valence-electron chi connectivity index (χ1n) is 6.58. The number of amides is 2. The molecule has 1 saturated heterocycles. The Morgan fingerprint density at radius 2 is 2.15 bits per heavy atom. The molecule has 2 heterocycles. The smallest absolute Gasteiger partial charge is 0.331 e. The van der Waals surface area contributed by atoms with Crippen LogP contribution in [0.4, 0.5) is 4.79 Å². The van der Waals surface area contributed by atoms with Gasteiger partial charge in [0.25, 0.3) is 0 Å². The zero-order chi connectivity index (χ0) is 14.5. The summed E-state index contributed by atoms with van der Waals surface area (Å²) in [4.78, 5) is 28.0. The summed E-state index contributed by atoms with van der Waals surface area (Å²) in [7, 11) is 2.02. The highest BCUT2D eigenvalue weighted by molar-refractivity contribution is 7.10. The highest BCUT2D eigenvalue weighted by atomic mass is 32.1. The number of thiophene rings is 1. The summed E-state index contributed by atoms with van der Waals surface area (Å²) in [6, 6.07) is 2.23. The maximum atomic E-state index is 12.2. The van der Waals surface area contributed by atoms with Crippen LogP contribution in [0.5, 0.6) is 0 Å². The normalized spacial score (nSPS) is 18.4. The van der Waals surface area contributed by atoms with Crippen molar-refractivity contribution in [3.05, 3.63) is 22.4 Å². The van der Waals surface area contributed by atoms with Crippen molar-refractivity contribution in [2.75, 3.05) is 33.2 Å². The first-order chi connectivity index (χ1) is 9.58. The van der Waals surface area contributed by atoms with Crippen LogP contribution in [0, 0.1) is 0 Å². The van der Waals surface area contributed by atoms with Crippen LogP contribution >= 0.6 is 11.3 Å². The van der Waals surface area contributed by atoms with Gasteiger partial charge in [-0.3, -0.25) is 0 Å². The number of carbonyl (C=O) groups is 2. The molecule has 1 aromatic heterocycles. The average Bonchev–Trinajstić information content (AvgIpc) is 2.84. The molecule has 110 valence electrons. The van der Waals surface area contributed by atoms with E-state index in [1.54, 1.807) is 22.4 Å². The van der Waals surface area contributed by atoms with Crippen LogP contribution in [0.25, 0.3) is 0 Å². The fourth-order valence-corrected chi connectivity index (χ4v) is 2.94. The van der Waals surface area contributed by atoms with Crippen LogP contribution < -0.4 is 5.32 Å². The Bertz CT molecular complexity index is 463. The van der Waals surface area contributed by atoms with Gasteiger partial charge in [-0.1, -0.05) is 6.07 Å². The molecule has 1 unspecified atom stereocenters. The van der Waals surface area contributed by atoms with Crippen molar-refractivity contribution in [3.8, 4) is 0 Å². The SMILES string of the molecule is CN1CCCN(C(=O)NC(C(=O)O)c2cccs2)CC1. The monoisotopic (exact) mass is 297 g/mol. The number of nitrogens with zero attached hydrogens (tertiary/aromatic N) is 2. The van der Waals surface area contributed by atoms with E-state index >= 15 is 0 Å². The van der Waals surface area contributed by atoms with Gasteiger partial charge in [-0.25, -0.2) is 9.59 Å². The molecule has 2 N–H and O–H groups in total. The molecule has 0 saturated carbocycles. The molecule has 1 aliphatic heterocycles. The lowest BCUT2D eigenvalue weighted by atomic mass is 10.2. The Kier molecular flexibility index (Phi) is 4.97. The van der Waals surface area contributed by atoms with Crippen molar-refractivity contribution in [2.45, 2.75) is 12.5 Å². The summed E-state index contributed by atoms with van der Waals surface area (Å²) in [6.45, 7) is 3.05. The van der Waals surface area contributed by atoms with Crippen molar-refractivity contribution in [3.63, 3.8) is 0 Å². The van der Waals surface area contributed by atoms with Crippen molar-refractivity contribution in [1.82, 2.24) is 15.1 Å². The van der Waals surface area contributed by atoms with Crippen LogP contribution in [0.1, 0.15) is 17.3 Å². The van der Waals surface area contributed by atoms with Gasteiger partial charge in [-0.05, 0) is 31.5 Å². The summed E-state index contributed by atoms with van der Waals surface area (Å²) in [5, 5.41) is 13.7. The number of likely N-dealkylation sites (N-methyl/N-ethyl adjacent to an activating group) is 1. The molecule has 1 atom stereocenters. The molecular formula is C13H19N3O3S. The first kappa shape index (κ1) is 14.8. The second-order valence-electron chi connectivity index (χ2n) is 4.88. The number of carboxylic acid groups (broad SMARTS) is 1. The van der Waals surface area contributed by atoms with E-state index in [1.165, 1.54) is 11.3 Å². The minimum Gasteiger partial charge on any atom is -0.479 e. The fraction of sp³-hybridized carbons (Fsp3) is 0.538. The number of aliphatic carboxylic acids is 1. The van der Waals surface area contributed by atoms with Crippen LogP contribution in [-0.2, 0) is 4.79 Å². The Balaban J connectivity index is 1.99. The summed E-state index contributed by atoms with van der Waals surface area (Å²) >= 11 is 1.33. The molecule has 7 heteroatoms. The maximum absolute atomic E-state index is 12.2. The minimum atomic E-state index is -1.03. The molecule has 20 heavy (non-hydrogen) atoms. The summed E-state index contributed by atoms with van der Waals surface area (Å²) in [5.41, 5.74) is 0. The van der Waals surface area contributed by atoms with Crippen molar-refractivity contribution in [1.29, 1.82) is 0 Å². The van der Waals surface area contributed by atoms with Gasteiger partial charge in [0.2, 0.25) is 0 Å². The molecule has 2 amide bonds. The lowest BCUT2D eigenvalue weighted by Gasteiger charge is -2.23. The standard InChI is InChI=1S/C13H19N3O3S/c1-15-5-3-6-16(8-7-15)13(19)14-11(12(17)18)10-4-2-9-20-10/h2,4,9,11H,3,5-8H2,1H3,(H,14,19)(H,17,18). The van der Waals surface area contributed by atoms with Gasteiger partial charge in [0.1, 0.15) is 0 Å². The Morgan fingerprint density at radius 3 is 2.80 bits per heavy atom. The molecule has 2 rings (SSSR count). The maximum Gasteiger partial charge on any atom is 0.331 e.